The van der Waals surface area contributed by atoms with Gasteiger partial charge in [0.1, 0.15) is 0 Å². The summed E-state index contributed by atoms with van der Waals surface area (Å²) < 4.78 is 10.5. The summed E-state index contributed by atoms with van der Waals surface area (Å²) in [6.07, 6.45) is 0.258. The number of hydrogen-bond donors (Lipinski definition) is 0. The molecule has 1 aliphatic rings. The molecule has 0 N–H and O–H groups in total. The van der Waals surface area contributed by atoms with Crippen molar-refractivity contribution >= 4 is 29.2 Å². The first kappa shape index (κ1) is 16.6. The minimum atomic E-state index is -0.231. The molecule has 6 heteroatoms. The molecule has 4 nitrogen and oxygen atoms in total. The highest BCUT2D eigenvalue weighted by atomic mass is 35.5. The molecule has 2 rings (SSSR count). The monoisotopic (exact) mass is 331 g/mol. The molecule has 0 bridgehead atoms. The summed E-state index contributed by atoms with van der Waals surface area (Å²) in [5, 5.41) is 0.997. The Morgan fingerprint density at radius 1 is 1.38 bits per heavy atom. The van der Waals surface area contributed by atoms with Crippen LogP contribution in [0, 0.1) is 0 Å². The van der Waals surface area contributed by atoms with Crippen LogP contribution in [-0.4, -0.2) is 43.8 Å². The fourth-order valence-corrected chi connectivity index (χ4v) is 2.91. The van der Waals surface area contributed by atoms with E-state index in [1.54, 1.807) is 13.0 Å². The van der Waals surface area contributed by atoms with Crippen LogP contribution in [0.1, 0.15) is 24.9 Å². The summed E-state index contributed by atoms with van der Waals surface area (Å²) in [7, 11) is 0. The zero-order valence-corrected chi connectivity index (χ0v) is 13.5. The van der Waals surface area contributed by atoms with Gasteiger partial charge in [0.25, 0.3) is 0 Å². The van der Waals surface area contributed by atoms with Gasteiger partial charge in [0.15, 0.2) is 0 Å². The minimum Gasteiger partial charge on any atom is -0.466 e. The molecule has 0 amide bonds. The molecule has 1 aliphatic heterocycles. The first-order chi connectivity index (χ1) is 10.1. The normalized spacial score (nSPS) is 17.5. The Hall–Kier alpha value is -0.810. The molecule has 116 valence electrons. The lowest BCUT2D eigenvalue weighted by Crippen LogP contribution is -2.40. The molecule has 0 aromatic heterocycles. The van der Waals surface area contributed by atoms with Gasteiger partial charge in [-0.2, -0.15) is 0 Å². The van der Waals surface area contributed by atoms with E-state index >= 15 is 0 Å². The van der Waals surface area contributed by atoms with Gasteiger partial charge in [-0.3, -0.25) is 9.69 Å². The largest absolute Gasteiger partial charge is 0.466 e. The van der Waals surface area contributed by atoms with Crippen LogP contribution in [-0.2, 0) is 14.3 Å². The van der Waals surface area contributed by atoms with E-state index in [0.29, 0.717) is 29.9 Å². The third-order valence-electron chi connectivity index (χ3n) is 3.49. The quantitative estimate of drug-likeness (QED) is 0.776. The van der Waals surface area contributed by atoms with Crippen molar-refractivity contribution in [2.45, 2.75) is 19.4 Å². The molecule has 1 heterocycles. The number of ether oxygens (including phenoxy) is 2. The van der Waals surface area contributed by atoms with Gasteiger partial charge >= 0.3 is 5.97 Å². The zero-order valence-electron chi connectivity index (χ0n) is 12.0. The van der Waals surface area contributed by atoms with Gasteiger partial charge < -0.3 is 9.47 Å². The summed E-state index contributed by atoms with van der Waals surface area (Å²) in [6, 6.07) is 5.36. The summed E-state index contributed by atoms with van der Waals surface area (Å²) in [4.78, 5) is 14.1. The van der Waals surface area contributed by atoms with E-state index in [2.05, 4.69) is 4.90 Å². The van der Waals surface area contributed by atoms with Crippen LogP contribution in [0.5, 0.6) is 0 Å². The third-order valence-corrected chi connectivity index (χ3v) is 4.33. The van der Waals surface area contributed by atoms with E-state index in [9.17, 15) is 4.79 Å². The van der Waals surface area contributed by atoms with Gasteiger partial charge in [-0.1, -0.05) is 35.3 Å². The fourth-order valence-electron chi connectivity index (χ4n) is 2.48. The maximum absolute atomic E-state index is 11.9. The van der Waals surface area contributed by atoms with Crippen LogP contribution in [0.4, 0.5) is 0 Å². The Kier molecular flexibility index (Phi) is 6.30. The van der Waals surface area contributed by atoms with Crippen molar-refractivity contribution in [2.24, 2.45) is 0 Å². The number of rotatable bonds is 5. The predicted molar refractivity (Wildman–Crippen MR) is 82.8 cm³/mol. The third kappa shape index (κ3) is 4.33. The van der Waals surface area contributed by atoms with E-state index in [4.69, 9.17) is 32.7 Å². The number of carbonyl (C=O) groups excluding carboxylic acids is 1. The summed E-state index contributed by atoms with van der Waals surface area (Å²) in [5.74, 6) is -0.231. The highest BCUT2D eigenvalue weighted by molar-refractivity contribution is 6.42. The molecule has 0 aliphatic carbocycles. The van der Waals surface area contributed by atoms with Crippen LogP contribution >= 0.6 is 23.2 Å². The number of hydrogen-bond acceptors (Lipinski definition) is 4. The van der Waals surface area contributed by atoms with Crippen LogP contribution in [0.25, 0.3) is 0 Å². The average Bonchev–Trinajstić information content (AvgIpc) is 2.49. The molecule has 0 radical (unpaired) electrons. The second-order valence-corrected chi connectivity index (χ2v) is 5.60. The minimum absolute atomic E-state index is 0.140. The second-order valence-electron chi connectivity index (χ2n) is 4.82. The number of halogens is 2. The van der Waals surface area contributed by atoms with Crippen molar-refractivity contribution in [1.29, 1.82) is 0 Å². The molecular formula is C15H19Cl2NO3. The van der Waals surface area contributed by atoms with Crippen LogP contribution < -0.4 is 0 Å². The molecule has 1 atom stereocenters. The van der Waals surface area contributed by atoms with Gasteiger partial charge in [0.05, 0.1) is 36.3 Å². The maximum atomic E-state index is 11.9. The van der Waals surface area contributed by atoms with Crippen LogP contribution in [0.2, 0.25) is 10.0 Å². The number of carbonyl (C=O) groups is 1. The molecule has 0 spiro atoms. The lowest BCUT2D eigenvalue weighted by molar-refractivity contribution is -0.145. The van der Waals surface area contributed by atoms with E-state index in [0.717, 1.165) is 18.7 Å². The van der Waals surface area contributed by atoms with Crippen molar-refractivity contribution in [1.82, 2.24) is 4.90 Å². The fraction of sp³-hybridized carbons (Fsp3) is 0.533. The predicted octanol–water partition coefficient (Wildman–Crippen LogP) is 3.32. The highest BCUT2D eigenvalue weighted by Crippen LogP contribution is 2.35. The van der Waals surface area contributed by atoms with E-state index in [1.807, 2.05) is 12.1 Å². The van der Waals surface area contributed by atoms with Gasteiger partial charge in [-0.05, 0) is 18.6 Å². The topological polar surface area (TPSA) is 38.8 Å². The van der Waals surface area contributed by atoms with E-state index in [1.165, 1.54) is 0 Å². The maximum Gasteiger partial charge on any atom is 0.307 e. The van der Waals surface area contributed by atoms with Crippen molar-refractivity contribution in [3.63, 3.8) is 0 Å². The van der Waals surface area contributed by atoms with Gasteiger partial charge in [-0.25, -0.2) is 0 Å². The number of nitrogens with zero attached hydrogens (tertiary/aromatic N) is 1. The second kappa shape index (κ2) is 7.99. The SMILES string of the molecule is CCOC(=O)CC(c1cccc(Cl)c1Cl)N1CCOCC1. The average molecular weight is 332 g/mol. The Morgan fingerprint density at radius 3 is 2.76 bits per heavy atom. The molecule has 1 unspecified atom stereocenters. The summed E-state index contributed by atoms with van der Waals surface area (Å²) >= 11 is 12.4. The molecule has 0 saturated carbocycles. The Labute approximate surface area is 134 Å². The zero-order chi connectivity index (χ0) is 15.2. The van der Waals surface area contributed by atoms with Crippen molar-refractivity contribution in [3.8, 4) is 0 Å². The smallest absolute Gasteiger partial charge is 0.307 e. The highest BCUT2D eigenvalue weighted by Gasteiger charge is 2.27. The molecule has 1 aromatic carbocycles. The number of benzene rings is 1. The lowest BCUT2D eigenvalue weighted by Gasteiger charge is -2.34. The Balaban J connectivity index is 2.25. The van der Waals surface area contributed by atoms with Gasteiger partial charge in [-0.15, -0.1) is 0 Å². The molecule has 1 fully saturated rings. The van der Waals surface area contributed by atoms with Gasteiger partial charge in [0.2, 0.25) is 0 Å². The van der Waals surface area contributed by atoms with Crippen LogP contribution in [0.3, 0.4) is 0 Å². The van der Waals surface area contributed by atoms with Crippen molar-refractivity contribution in [2.75, 3.05) is 32.9 Å². The van der Waals surface area contributed by atoms with E-state index < -0.39 is 0 Å². The van der Waals surface area contributed by atoms with Gasteiger partial charge in [0, 0.05) is 19.1 Å². The Bertz CT molecular complexity index is 490. The van der Waals surface area contributed by atoms with Crippen LogP contribution in [0.15, 0.2) is 18.2 Å². The van der Waals surface area contributed by atoms with Crippen molar-refractivity contribution in [3.05, 3.63) is 33.8 Å². The number of morpholine rings is 1. The first-order valence-electron chi connectivity index (χ1n) is 7.04. The molecule has 1 saturated heterocycles. The lowest BCUT2D eigenvalue weighted by atomic mass is 10.0. The molecule has 21 heavy (non-hydrogen) atoms. The van der Waals surface area contributed by atoms with E-state index in [-0.39, 0.29) is 18.4 Å². The first-order valence-corrected chi connectivity index (χ1v) is 7.80. The molecule has 1 aromatic rings. The molecular weight excluding hydrogens is 313 g/mol. The summed E-state index contributed by atoms with van der Waals surface area (Å²) in [6.45, 7) is 4.99. The standard InChI is InChI=1S/C15H19Cl2NO3/c1-2-21-14(19)10-13(18-6-8-20-9-7-18)11-4-3-5-12(16)15(11)17/h3-5,13H,2,6-10H2,1H3. The number of esters is 1. The van der Waals surface area contributed by atoms with Crippen molar-refractivity contribution < 1.29 is 14.3 Å². The Morgan fingerprint density at radius 2 is 2.10 bits per heavy atom. The summed E-state index contributed by atoms with van der Waals surface area (Å²) in [5.41, 5.74) is 0.860.